The Hall–Kier alpha value is -2.65. The second kappa shape index (κ2) is 7.49. The second-order valence-electron chi connectivity index (χ2n) is 6.32. The predicted octanol–water partition coefficient (Wildman–Crippen LogP) is 2.13. The Balaban J connectivity index is 1.61. The molecule has 0 spiro atoms. The van der Waals surface area contributed by atoms with Gasteiger partial charge in [0.2, 0.25) is 5.91 Å². The van der Waals surface area contributed by atoms with E-state index in [2.05, 4.69) is 11.2 Å². The van der Waals surface area contributed by atoms with E-state index in [9.17, 15) is 4.79 Å². The van der Waals surface area contributed by atoms with Crippen LogP contribution in [-0.2, 0) is 23.0 Å². The van der Waals surface area contributed by atoms with Gasteiger partial charge in [-0.1, -0.05) is 12.1 Å². The number of carbonyl (C=O) groups is 1. The number of amides is 1. The first-order valence-electron chi connectivity index (χ1n) is 8.45. The van der Waals surface area contributed by atoms with Gasteiger partial charge < -0.3 is 9.64 Å². The van der Waals surface area contributed by atoms with Crippen molar-refractivity contribution in [3.05, 3.63) is 52.8 Å². The molecule has 25 heavy (non-hydrogen) atoms. The number of aromatic nitrogens is 2. The average molecular weight is 338 g/mol. The summed E-state index contributed by atoms with van der Waals surface area (Å²) < 4.78 is 7.64. The van der Waals surface area contributed by atoms with Crippen LogP contribution >= 0.6 is 0 Å². The maximum atomic E-state index is 12.6. The minimum Gasteiger partial charge on any atom is -0.370 e. The van der Waals surface area contributed by atoms with Gasteiger partial charge in [-0.05, 0) is 36.6 Å². The summed E-state index contributed by atoms with van der Waals surface area (Å²) in [4.78, 5) is 14.4. The Labute approximate surface area is 147 Å². The minimum absolute atomic E-state index is 0.132. The highest BCUT2D eigenvalue weighted by Crippen LogP contribution is 2.23. The van der Waals surface area contributed by atoms with E-state index in [4.69, 9.17) is 10.00 Å². The fourth-order valence-electron chi connectivity index (χ4n) is 3.08. The van der Waals surface area contributed by atoms with E-state index in [0.29, 0.717) is 38.1 Å². The predicted molar refractivity (Wildman–Crippen MR) is 92.7 cm³/mol. The molecule has 0 bridgehead atoms. The van der Waals surface area contributed by atoms with Gasteiger partial charge in [-0.3, -0.25) is 9.48 Å². The number of benzene rings is 1. The van der Waals surface area contributed by atoms with Gasteiger partial charge in [0.15, 0.2) is 0 Å². The van der Waals surface area contributed by atoms with Gasteiger partial charge in [-0.2, -0.15) is 10.4 Å². The molecular formula is C19H22N4O2. The van der Waals surface area contributed by atoms with Crippen LogP contribution in [0.4, 0.5) is 0 Å². The zero-order valence-electron chi connectivity index (χ0n) is 14.6. The van der Waals surface area contributed by atoms with E-state index in [1.165, 1.54) is 0 Å². The molecule has 1 aliphatic heterocycles. The lowest BCUT2D eigenvalue weighted by molar-refractivity contribution is -0.139. The largest absolute Gasteiger partial charge is 0.370 e. The van der Waals surface area contributed by atoms with Crippen molar-refractivity contribution in [2.45, 2.75) is 25.9 Å². The summed E-state index contributed by atoms with van der Waals surface area (Å²) in [7, 11) is 1.91. The van der Waals surface area contributed by atoms with Crippen molar-refractivity contribution in [2.24, 2.45) is 7.05 Å². The van der Waals surface area contributed by atoms with Crippen LogP contribution in [0.5, 0.6) is 0 Å². The number of nitrogens with zero attached hydrogens (tertiary/aromatic N) is 4. The number of carbonyl (C=O) groups excluding carboxylic acids is 1. The van der Waals surface area contributed by atoms with Crippen molar-refractivity contribution in [1.82, 2.24) is 14.7 Å². The molecule has 2 heterocycles. The number of aryl methyl sites for hydroxylation is 2. The van der Waals surface area contributed by atoms with E-state index in [-0.39, 0.29) is 12.0 Å². The molecule has 3 rings (SSSR count). The van der Waals surface area contributed by atoms with E-state index in [1.807, 2.05) is 47.9 Å². The molecule has 1 saturated heterocycles. The maximum absolute atomic E-state index is 12.6. The van der Waals surface area contributed by atoms with E-state index in [0.717, 1.165) is 16.8 Å². The fraction of sp³-hybridized carbons (Fsp3) is 0.421. The average Bonchev–Trinajstić information content (AvgIpc) is 2.98. The van der Waals surface area contributed by atoms with Crippen molar-refractivity contribution >= 4 is 5.91 Å². The summed E-state index contributed by atoms with van der Waals surface area (Å²) in [6, 6.07) is 9.54. The van der Waals surface area contributed by atoms with Gasteiger partial charge in [0, 0.05) is 25.7 Å². The topological polar surface area (TPSA) is 71.2 Å². The maximum Gasteiger partial charge on any atom is 0.223 e. The normalized spacial score (nSPS) is 17.3. The van der Waals surface area contributed by atoms with E-state index >= 15 is 0 Å². The molecule has 0 aliphatic carbocycles. The first kappa shape index (κ1) is 17.2. The molecule has 130 valence electrons. The van der Waals surface area contributed by atoms with Gasteiger partial charge in [-0.15, -0.1) is 0 Å². The monoisotopic (exact) mass is 338 g/mol. The highest BCUT2D eigenvalue weighted by Gasteiger charge is 2.25. The summed E-state index contributed by atoms with van der Waals surface area (Å²) in [6.07, 6.45) is 2.83. The van der Waals surface area contributed by atoms with Crippen LogP contribution in [0.15, 0.2) is 30.5 Å². The van der Waals surface area contributed by atoms with E-state index < -0.39 is 0 Å². The number of hydrogen-bond donors (Lipinski definition) is 0. The molecule has 1 fully saturated rings. The third kappa shape index (κ3) is 3.89. The van der Waals surface area contributed by atoms with Crippen molar-refractivity contribution in [3.63, 3.8) is 0 Å². The minimum atomic E-state index is -0.175. The first-order valence-corrected chi connectivity index (χ1v) is 8.45. The molecule has 0 N–H and O–H groups in total. The molecule has 6 heteroatoms. The number of rotatable bonds is 4. The first-order chi connectivity index (χ1) is 12.1. The van der Waals surface area contributed by atoms with Crippen LogP contribution in [0.3, 0.4) is 0 Å². The zero-order valence-corrected chi connectivity index (χ0v) is 14.6. The van der Waals surface area contributed by atoms with Crippen LogP contribution in [-0.4, -0.2) is 40.3 Å². The van der Waals surface area contributed by atoms with Crippen molar-refractivity contribution in [3.8, 4) is 6.07 Å². The highest BCUT2D eigenvalue weighted by molar-refractivity contribution is 5.76. The number of morpholine rings is 1. The summed E-state index contributed by atoms with van der Waals surface area (Å²) in [5.41, 5.74) is 3.76. The Morgan fingerprint density at radius 3 is 3.04 bits per heavy atom. The SMILES string of the molecule is Cc1c(CCC(=O)N2CCOC(c3cccc(C#N)c3)C2)cnn1C. The van der Waals surface area contributed by atoms with Crippen LogP contribution in [0.25, 0.3) is 0 Å². The number of ether oxygens (including phenoxy) is 1. The second-order valence-corrected chi connectivity index (χ2v) is 6.32. The summed E-state index contributed by atoms with van der Waals surface area (Å²) >= 11 is 0. The molecule has 1 atom stereocenters. The third-order valence-corrected chi connectivity index (χ3v) is 4.75. The van der Waals surface area contributed by atoms with Gasteiger partial charge in [0.25, 0.3) is 0 Å². The molecule has 0 radical (unpaired) electrons. The number of hydrogen-bond acceptors (Lipinski definition) is 4. The summed E-state index contributed by atoms with van der Waals surface area (Å²) in [5.74, 6) is 0.132. The molecule has 1 amide bonds. The third-order valence-electron chi connectivity index (χ3n) is 4.75. The lowest BCUT2D eigenvalue weighted by Crippen LogP contribution is -2.42. The van der Waals surface area contributed by atoms with Crippen LogP contribution < -0.4 is 0 Å². The van der Waals surface area contributed by atoms with Gasteiger partial charge >= 0.3 is 0 Å². The molecule has 1 aromatic heterocycles. The Morgan fingerprint density at radius 1 is 1.48 bits per heavy atom. The quantitative estimate of drug-likeness (QED) is 0.856. The number of nitriles is 1. The van der Waals surface area contributed by atoms with Crippen molar-refractivity contribution in [2.75, 3.05) is 19.7 Å². The highest BCUT2D eigenvalue weighted by atomic mass is 16.5. The van der Waals surface area contributed by atoms with Crippen LogP contribution in [0.1, 0.15) is 34.9 Å². The van der Waals surface area contributed by atoms with Crippen molar-refractivity contribution < 1.29 is 9.53 Å². The smallest absolute Gasteiger partial charge is 0.223 e. The molecule has 2 aromatic rings. The standard InChI is InChI=1S/C19H22N4O2/c1-14-17(12-21-22(14)2)6-7-19(24)23-8-9-25-18(13-23)16-5-3-4-15(10-16)11-20/h3-5,10,12,18H,6-9,13H2,1-2H3. The molecule has 6 nitrogen and oxygen atoms in total. The van der Waals surface area contributed by atoms with Gasteiger partial charge in [0.1, 0.15) is 6.10 Å². The van der Waals surface area contributed by atoms with Gasteiger partial charge in [0.05, 0.1) is 31.0 Å². The Morgan fingerprint density at radius 2 is 2.32 bits per heavy atom. The molecule has 1 aliphatic rings. The summed E-state index contributed by atoms with van der Waals surface area (Å²) in [6.45, 7) is 3.66. The van der Waals surface area contributed by atoms with Crippen molar-refractivity contribution in [1.29, 1.82) is 5.26 Å². The lowest BCUT2D eigenvalue weighted by Gasteiger charge is -2.33. The lowest BCUT2D eigenvalue weighted by atomic mass is 10.0. The summed E-state index contributed by atoms with van der Waals surface area (Å²) in [5, 5.41) is 13.3. The Bertz CT molecular complexity index is 806. The van der Waals surface area contributed by atoms with Crippen LogP contribution in [0, 0.1) is 18.3 Å². The molecule has 1 unspecified atom stereocenters. The van der Waals surface area contributed by atoms with Crippen LogP contribution in [0.2, 0.25) is 0 Å². The molecule has 0 saturated carbocycles. The van der Waals surface area contributed by atoms with E-state index in [1.54, 1.807) is 6.07 Å². The fourth-order valence-corrected chi connectivity index (χ4v) is 3.08. The molecule has 1 aromatic carbocycles. The van der Waals surface area contributed by atoms with Gasteiger partial charge in [-0.25, -0.2) is 0 Å². The zero-order chi connectivity index (χ0) is 17.8. The molecular weight excluding hydrogens is 316 g/mol. The Kier molecular flexibility index (Phi) is 5.15.